The predicted molar refractivity (Wildman–Crippen MR) is 60.4 cm³/mol. The number of hydrogen-bond donors (Lipinski definition) is 1. The summed E-state index contributed by atoms with van der Waals surface area (Å²) in [5.41, 5.74) is 5.77. The molecular weight excluding hydrogens is 188 g/mol. The molecule has 0 spiro atoms. The van der Waals surface area contributed by atoms with Gasteiger partial charge in [-0.2, -0.15) is 0 Å². The van der Waals surface area contributed by atoms with Crippen molar-refractivity contribution < 1.29 is 4.79 Å². The Morgan fingerprint density at radius 2 is 2.13 bits per heavy atom. The second kappa shape index (κ2) is 4.12. The molecule has 1 aliphatic carbocycles. The van der Waals surface area contributed by atoms with Gasteiger partial charge in [-0.1, -0.05) is 6.42 Å². The molecule has 2 N–H and O–H groups in total. The molecule has 1 saturated carbocycles. The van der Waals surface area contributed by atoms with Crippen LogP contribution in [0.25, 0.3) is 0 Å². The van der Waals surface area contributed by atoms with E-state index in [9.17, 15) is 4.79 Å². The Hall–Kier alpha value is -0.570. The molecule has 1 atom stereocenters. The first-order valence-corrected chi connectivity index (χ1v) is 6.19. The van der Waals surface area contributed by atoms with Crippen LogP contribution in [0, 0.1) is 5.92 Å². The van der Waals surface area contributed by atoms with Gasteiger partial charge in [-0.25, -0.2) is 0 Å². The van der Waals surface area contributed by atoms with Crippen molar-refractivity contribution >= 4 is 5.91 Å². The Morgan fingerprint density at radius 1 is 1.40 bits per heavy atom. The second-order valence-electron chi connectivity index (χ2n) is 5.28. The fraction of sp³-hybridized carbons (Fsp3) is 0.917. The number of nitrogens with zero attached hydrogens (tertiary/aromatic N) is 1. The van der Waals surface area contributed by atoms with E-state index in [-0.39, 0.29) is 5.54 Å². The summed E-state index contributed by atoms with van der Waals surface area (Å²) in [6, 6.07) is 0. The van der Waals surface area contributed by atoms with Gasteiger partial charge in [0.2, 0.25) is 5.91 Å². The highest BCUT2D eigenvalue weighted by Gasteiger charge is 2.40. The van der Waals surface area contributed by atoms with Crippen LogP contribution < -0.4 is 5.73 Å². The molecule has 2 aliphatic rings. The molecule has 0 aromatic rings. The maximum atomic E-state index is 12.2. The Kier molecular flexibility index (Phi) is 3.01. The third kappa shape index (κ3) is 1.89. The third-order valence-electron chi connectivity index (χ3n) is 4.16. The standard InChI is InChI=1S/C12H22N2O/c1-12(9-13)7-2-3-8-14(12)11(15)10-5-4-6-10/h10H,2-9,13H2,1H3. The zero-order valence-electron chi connectivity index (χ0n) is 9.67. The zero-order valence-corrected chi connectivity index (χ0v) is 9.67. The molecule has 1 saturated heterocycles. The molecule has 2 fully saturated rings. The van der Waals surface area contributed by atoms with Gasteiger partial charge in [-0.15, -0.1) is 0 Å². The Labute approximate surface area is 92.0 Å². The van der Waals surface area contributed by atoms with Crippen LogP contribution in [0.5, 0.6) is 0 Å². The molecule has 86 valence electrons. The molecule has 0 bridgehead atoms. The van der Waals surface area contributed by atoms with Crippen molar-refractivity contribution in [2.24, 2.45) is 11.7 Å². The van der Waals surface area contributed by atoms with Crippen molar-refractivity contribution in [3.8, 4) is 0 Å². The van der Waals surface area contributed by atoms with E-state index in [1.807, 2.05) is 0 Å². The number of nitrogens with two attached hydrogens (primary N) is 1. The van der Waals surface area contributed by atoms with Gasteiger partial charge in [-0.05, 0) is 39.0 Å². The van der Waals surface area contributed by atoms with E-state index < -0.39 is 0 Å². The molecule has 3 nitrogen and oxygen atoms in total. The summed E-state index contributed by atoms with van der Waals surface area (Å²) < 4.78 is 0. The SMILES string of the molecule is CC1(CN)CCCCN1C(=O)C1CCC1. The number of carbonyl (C=O) groups is 1. The molecule has 2 rings (SSSR count). The fourth-order valence-electron chi connectivity index (χ4n) is 2.64. The van der Waals surface area contributed by atoms with E-state index in [2.05, 4.69) is 11.8 Å². The lowest BCUT2D eigenvalue weighted by Gasteiger charge is -2.46. The number of carbonyl (C=O) groups excluding carboxylic acids is 1. The van der Waals surface area contributed by atoms with E-state index in [0.717, 1.165) is 32.2 Å². The highest BCUT2D eigenvalue weighted by Crippen LogP contribution is 2.34. The summed E-state index contributed by atoms with van der Waals surface area (Å²) in [5.74, 6) is 0.683. The third-order valence-corrected chi connectivity index (χ3v) is 4.16. The largest absolute Gasteiger partial charge is 0.336 e. The lowest BCUT2D eigenvalue weighted by molar-refractivity contribution is -0.146. The van der Waals surface area contributed by atoms with Gasteiger partial charge >= 0.3 is 0 Å². The van der Waals surface area contributed by atoms with Crippen molar-refractivity contribution in [1.29, 1.82) is 0 Å². The molecule has 1 aliphatic heterocycles. The van der Waals surface area contributed by atoms with Gasteiger partial charge in [-0.3, -0.25) is 4.79 Å². The molecular formula is C12H22N2O. The minimum atomic E-state index is -0.0646. The first kappa shape index (κ1) is 10.9. The highest BCUT2D eigenvalue weighted by atomic mass is 16.2. The quantitative estimate of drug-likeness (QED) is 0.751. The Morgan fingerprint density at radius 3 is 2.67 bits per heavy atom. The van der Waals surface area contributed by atoms with Crippen LogP contribution in [0.2, 0.25) is 0 Å². The van der Waals surface area contributed by atoms with Crippen LogP contribution in [0.4, 0.5) is 0 Å². The maximum absolute atomic E-state index is 12.2. The van der Waals surface area contributed by atoms with E-state index >= 15 is 0 Å². The van der Waals surface area contributed by atoms with Crippen LogP contribution in [0.15, 0.2) is 0 Å². The zero-order chi connectivity index (χ0) is 10.9. The summed E-state index contributed by atoms with van der Waals surface area (Å²) >= 11 is 0. The monoisotopic (exact) mass is 210 g/mol. The first-order chi connectivity index (χ1) is 7.17. The van der Waals surface area contributed by atoms with Crippen molar-refractivity contribution in [1.82, 2.24) is 4.90 Å². The number of piperidine rings is 1. The summed E-state index contributed by atoms with van der Waals surface area (Å²) in [7, 11) is 0. The highest BCUT2D eigenvalue weighted by molar-refractivity contribution is 5.80. The average molecular weight is 210 g/mol. The maximum Gasteiger partial charge on any atom is 0.226 e. The molecule has 1 amide bonds. The Bertz CT molecular complexity index is 250. The van der Waals surface area contributed by atoms with Crippen molar-refractivity contribution in [2.45, 2.75) is 51.0 Å². The van der Waals surface area contributed by atoms with Crippen LogP contribution in [0.3, 0.4) is 0 Å². The summed E-state index contributed by atoms with van der Waals surface area (Å²) in [4.78, 5) is 14.3. The molecule has 1 unspecified atom stereocenters. The minimum absolute atomic E-state index is 0.0646. The van der Waals surface area contributed by atoms with Gasteiger partial charge in [0.1, 0.15) is 0 Å². The van der Waals surface area contributed by atoms with Gasteiger partial charge in [0.05, 0.1) is 5.54 Å². The lowest BCUT2D eigenvalue weighted by atomic mass is 9.81. The summed E-state index contributed by atoms with van der Waals surface area (Å²) in [6.07, 6.45) is 6.84. The first-order valence-electron chi connectivity index (χ1n) is 6.19. The van der Waals surface area contributed by atoms with E-state index in [0.29, 0.717) is 18.4 Å². The van der Waals surface area contributed by atoms with Crippen molar-refractivity contribution in [3.63, 3.8) is 0 Å². The number of amides is 1. The molecule has 15 heavy (non-hydrogen) atoms. The lowest BCUT2D eigenvalue weighted by Crippen LogP contribution is -2.58. The van der Waals surface area contributed by atoms with Crippen LogP contribution in [-0.4, -0.2) is 29.4 Å². The second-order valence-corrected chi connectivity index (χ2v) is 5.28. The van der Waals surface area contributed by atoms with Crippen molar-refractivity contribution in [2.75, 3.05) is 13.1 Å². The molecule has 0 aromatic carbocycles. The normalized spacial score (nSPS) is 32.5. The van der Waals surface area contributed by atoms with E-state index in [4.69, 9.17) is 5.73 Å². The van der Waals surface area contributed by atoms with Crippen molar-refractivity contribution in [3.05, 3.63) is 0 Å². The topological polar surface area (TPSA) is 46.3 Å². The predicted octanol–water partition coefficient (Wildman–Crippen LogP) is 1.52. The molecule has 0 radical (unpaired) electrons. The molecule has 0 aromatic heterocycles. The minimum Gasteiger partial charge on any atom is -0.336 e. The summed E-state index contributed by atoms with van der Waals surface area (Å²) in [6.45, 7) is 3.66. The average Bonchev–Trinajstić information content (AvgIpc) is 2.15. The van der Waals surface area contributed by atoms with E-state index in [1.165, 1.54) is 12.8 Å². The smallest absolute Gasteiger partial charge is 0.226 e. The van der Waals surface area contributed by atoms with Gasteiger partial charge in [0.15, 0.2) is 0 Å². The van der Waals surface area contributed by atoms with Gasteiger partial charge in [0.25, 0.3) is 0 Å². The van der Waals surface area contributed by atoms with Crippen LogP contribution >= 0.6 is 0 Å². The van der Waals surface area contributed by atoms with Gasteiger partial charge in [0, 0.05) is 19.0 Å². The molecule has 3 heteroatoms. The fourth-order valence-corrected chi connectivity index (χ4v) is 2.64. The number of hydrogen-bond acceptors (Lipinski definition) is 2. The summed E-state index contributed by atoms with van der Waals surface area (Å²) in [5, 5.41) is 0. The number of rotatable bonds is 2. The number of likely N-dealkylation sites (tertiary alicyclic amines) is 1. The van der Waals surface area contributed by atoms with Crippen LogP contribution in [-0.2, 0) is 4.79 Å². The molecule has 1 heterocycles. The van der Waals surface area contributed by atoms with Crippen LogP contribution in [0.1, 0.15) is 45.4 Å². The Balaban J connectivity index is 2.06. The van der Waals surface area contributed by atoms with E-state index in [1.54, 1.807) is 0 Å². The van der Waals surface area contributed by atoms with Gasteiger partial charge < -0.3 is 10.6 Å².